The summed E-state index contributed by atoms with van der Waals surface area (Å²) in [5.74, 6) is -0.737. The van der Waals surface area contributed by atoms with Crippen LogP contribution in [0, 0.1) is 6.92 Å². The maximum atomic E-state index is 11.1. The molecule has 0 aliphatic carbocycles. The van der Waals surface area contributed by atoms with Crippen molar-refractivity contribution in [3.63, 3.8) is 0 Å². The summed E-state index contributed by atoms with van der Waals surface area (Å²) < 4.78 is 5.54. The van der Waals surface area contributed by atoms with Crippen molar-refractivity contribution in [2.75, 3.05) is 0 Å². The highest BCUT2D eigenvalue weighted by atomic mass is 35.5. The Morgan fingerprint density at radius 1 is 1.21 bits per heavy atom. The number of carboxylic acid groups (broad SMARTS) is 1. The van der Waals surface area contributed by atoms with Gasteiger partial charge in [0.15, 0.2) is 0 Å². The van der Waals surface area contributed by atoms with Gasteiger partial charge in [0.2, 0.25) is 0 Å². The molecule has 0 spiro atoms. The number of benzene rings is 2. The highest BCUT2D eigenvalue weighted by Gasteiger charge is 2.12. The molecule has 0 aliphatic rings. The van der Waals surface area contributed by atoms with E-state index in [4.69, 9.17) is 21.4 Å². The first-order valence-corrected chi connectivity index (χ1v) is 6.15. The maximum absolute atomic E-state index is 11.1. The van der Waals surface area contributed by atoms with Crippen molar-refractivity contribution in [1.29, 1.82) is 0 Å². The Bertz CT molecular complexity index is 591. The van der Waals surface area contributed by atoms with Crippen LogP contribution in [0.25, 0.3) is 0 Å². The molecule has 2 rings (SSSR count). The van der Waals surface area contributed by atoms with Crippen LogP contribution >= 0.6 is 11.6 Å². The van der Waals surface area contributed by atoms with E-state index < -0.39 is 5.97 Å². The Morgan fingerprint density at radius 2 is 1.89 bits per heavy atom. The minimum absolute atomic E-state index is 0.0691. The Hall–Kier alpha value is -2.00. The molecule has 0 aromatic heterocycles. The van der Waals surface area contributed by atoms with Crippen molar-refractivity contribution in [1.82, 2.24) is 0 Å². The van der Waals surface area contributed by atoms with Crippen LogP contribution in [0.3, 0.4) is 0 Å². The molecule has 19 heavy (non-hydrogen) atoms. The van der Waals surface area contributed by atoms with Gasteiger partial charge < -0.3 is 9.84 Å². The molecule has 1 N–H and O–H groups in total. The third-order valence-corrected chi connectivity index (χ3v) is 2.92. The summed E-state index contributed by atoms with van der Waals surface area (Å²) in [4.78, 5) is 11.1. The Balaban J connectivity index is 2.15. The lowest BCUT2D eigenvalue weighted by atomic mass is 10.1. The lowest BCUT2D eigenvalue weighted by Gasteiger charge is -2.09. The Kier molecular flexibility index (Phi) is 4.07. The molecule has 0 aliphatic heterocycles. The van der Waals surface area contributed by atoms with E-state index in [1.54, 1.807) is 12.1 Å². The molecular weight excluding hydrogens is 264 g/mol. The van der Waals surface area contributed by atoms with Gasteiger partial charge in [0.1, 0.15) is 17.9 Å². The van der Waals surface area contributed by atoms with Crippen LogP contribution in [0.2, 0.25) is 5.02 Å². The van der Waals surface area contributed by atoms with Gasteiger partial charge >= 0.3 is 5.97 Å². The zero-order valence-electron chi connectivity index (χ0n) is 10.4. The van der Waals surface area contributed by atoms with Crippen molar-refractivity contribution >= 4 is 17.6 Å². The van der Waals surface area contributed by atoms with Gasteiger partial charge in [-0.15, -0.1) is 0 Å². The molecule has 0 amide bonds. The molecule has 0 atom stereocenters. The van der Waals surface area contributed by atoms with Crippen molar-refractivity contribution in [3.8, 4) is 5.75 Å². The zero-order chi connectivity index (χ0) is 13.8. The van der Waals surface area contributed by atoms with Crippen molar-refractivity contribution in [2.45, 2.75) is 13.5 Å². The Morgan fingerprint density at radius 3 is 2.53 bits per heavy atom. The van der Waals surface area contributed by atoms with Crippen LogP contribution in [0.4, 0.5) is 0 Å². The molecule has 0 saturated heterocycles. The first-order chi connectivity index (χ1) is 9.06. The predicted octanol–water partition coefficient (Wildman–Crippen LogP) is 3.93. The molecule has 0 unspecified atom stereocenters. The molecule has 0 radical (unpaired) electrons. The van der Waals surface area contributed by atoms with E-state index in [0.29, 0.717) is 17.4 Å². The highest BCUT2D eigenvalue weighted by Crippen LogP contribution is 2.23. The van der Waals surface area contributed by atoms with Gasteiger partial charge in [-0.05, 0) is 30.7 Å². The highest BCUT2D eigenvalue weighted by molar-refractivity contribution is 6.31. The van der Waals surface area contributed by atoms with Crippen LogP contribution in [-0.4, -0.2) is 11.1 Å². The van der Waals surface area contributed by atoms with Gasteiger partial charge in [0, 0.05) is 5.02 Å². The molecule has 0 bridgehead atoms. The smallest absolute Gasteiger partial charge is 0.339 e. The second-order valence-electron chi connectivity index (χ2n) is 4.22. The molecule has 98 valence electrons. The van der Waals surface area contributed by atoms with E-state index in [2.05, 4.69) is 0 Å². The largest absolute Gasteiger partial charge is 0.488 e. The standard InChI is InChI=1S/C15H13ClO3/c1-10-2-4-11(5-3-10)9-19-14-7-6-12(16)8-13(14)15(17)18/h2-8H,9H2,1H3,(H,17,18). The van der Waals surface area contributed by atoms with Crippen LogP contribution < -0.4 is 4.74 Å². The van der Waals surface area contributed by atoms with Crippen LogP contribution in [0.1, 0.15) is 21.5 Å². The Labute approximate surface area is 116 Å². The molecular formula is C15H13ClO3. The number of rotatable bonds is 4. The molecule has 0 saturated carbocycles. The summed E-state index contributed by atoms with van der Waals surface area (Å²) in [6.45, 7) is 2.33. The second-order valence-corrected chi connectivity index (χ2v) is 4.66. The molecule has 0 heterocycles. The average molecular weight is 277 g/mol. The van der Waals surface area contributed by atoms with E-state index in [1.807, 2.05) is 31.2 Å². The molecule has 2 aromatic carbocycles. The van der Waals surface area contributed by atoms with Crippen molar-refractivity contribution in [2.24, 2.45) is 0 Å². The minimum atomic E-state index is -1.05. The van der Waals surface area contributed by atoms with Gasteiger partial charge in [0.05, 0.1) is 0 Å². The quantitative estimate of drug-likeness (QED) is 0.920. The number of carbonyl (C=O) groups is 1. The summed E-state index contributed by atoms with van der Waals surface area (Å²) in [5, 5.41) is 9.46. The predicted molar refractivity (Wildman–Crippen MR) is 73.9 cm³/mol. The number of aromatic carboxylic acids is 1. The van der Waals surface area contributed by atoms with Gasteiger partial charge in [-0.3, -0.25) is 0 Å². The second kappa shape index (κ2) is 5.76. The molecule has 4 heteroatoms. The van der Waals surface area contributed by atoms with Gasteiger partial charge in [-0.25, -0.2) is 4.79 Å². The SMILES string of the molecule is Cc1ccc(COc2ccc(Cl)cc2C(=O)O)cc1. The number of aryl methyl sites for hydroxylation is 1. The maximum Gasteiger partial charge on any atom is 0.339 e. The topological polar surface area (TPSA) is 46.5 Å². The van der Waals surface area contributed by atoms with Crippen LogP contribution in [0.5, 0.6) is 5.75 Å². The average Bonchev–Trinajstić information content (AvgIpc) is 2.39. The van der Waals surface area contributed by atoms with Gasteiger partial charge in [-0.1, -0.05) is 41.4 Å². The lowest BCUT2D eigenvalue weighted by molar-refractivity contribution is 0.0692. The first kappa shape index (κ1) is 13.4. The number of ether oxygens (including phenoxy) is 1. The third kappa shape index (κ3) is 3.48. The summed E-state index contributed by atoms with van der Waals surface area (Å²) in [6, 6.07) is 12.4. The number of hydrogen-bond acceptors (Lipinski definition) is 2. The van der Waals surface area contributed by atoms with E-state index in [0.717, 1.165) is 5.56 Å². The van der Waals surface area contributed by atoms with Crippen LogP contribution in [0.15, 0.2) is 42.5 Å². The number of halogens is 1. The van der Waals surface area contributed by atoms with E-state index in [1.165, 1.54) is 11.6 Å². The van der Waals surface area contributed by atoms with Crippen LogP contribution in [-0.2, 0) is 6.61 Å². The third-order valence-electron chi connectivity index (χ3n) is 2.69. The van der Waals surface area contributed by atoms with Gasteiger partial charge in [-0.2, -0.15) is 0 Å². The lowest BCUT2D eigenvalue weighted by Crippen LogP contribution is -2.03. The minimum Gasteiger partial charge on any atom is -0.488 e. The summed E-state index contributed by atoms with van der Waals surface area (Å²) in [7, 11) is 0. The molecule has 2 aromatic rings. The van der Waals surface area contributed by atoms with Crippen molar-refractivity contribution in [3.05, 3.63) is 64.2 Å². The first-order valence-electron chi connectivity index (χ1n) is 5.77. The number of hydrogen-bond donors (Lipinski definition) is 1. The van der Waals surface area contributed by atoms with E-state index in [-0.39, 0.29) is 5.56 Å². The van der Waals surface area contributed by atoms with E-state index >= 15 is 0 Å². The molecule has 3 nitrogen and oxygen atoms in total. The molecule has 0 fully saturated rings. The zero-order valence-corrected chi connectivity index (χ0v) is 11.1. The fourth-order valence-corrected chi connectivity index (χ4v) is 1.81. The fourth-order valence-electron chi connectivity index (χ4n) is 1.64. The summed E-state index contributed by atoms with van der Waals surface area (Å²) in [5.41, 5.74) is 2.22. The fraction of sp³-hybridized carbons (Fsp3) is 0.133. The van der Waals surface area contributed by atoms with Crippen molar-refractivity contribution < 1.29 is 14.6 Å². The van der Waals surface area contributed by atoms with Gasteiger partial charge in [0.25, 0.3) is 0 Å². The normalized spacial score (nSPS) is 10.2. The summed E-state index contributed by atoms with van der Waals surface area (Å²) in [6.07, 6.45) is 0. The number of carboxylic acids is 1. The van der Waals surface area contributed by atoms with E-state index in [9.17, 15) is 4.79 Å². The monoisotopic (exact) mass is 276 g/mol. The summed E-state index contributed by atoms with van der Waals surface area (Å²) >= 11 is 5.78.